The summed E-state index contributed by atoms with van der Waals surface area (Å²) < 4.78 is 0. The maximum atomic E-state index is 12.1. The van der Waals surface area contributed by atoms with Crippen LogP contribution >= 0.6 is 11.3 Å². The van der Waals surface area contributed by atoms with Crippen molar-refractivity contribution in [1.82, 2.24) is 25.2 Å². The van der Waals surface area contributed by atoms with E-state index in [1.54, 1.807) is 24.8 Å². The number of amides is 2. The standard InChI is InChI=1S/C16H19N5O2S/c1-10-18-6-12(7-19-16(23)14-8-17-9-24-14)15(20-10)13-4-3-5-21(13)11(2)22/h6,8-9,13H,3-5,7H2,1-2H3,(H,19,23)/t13-/m1/s1. The molecule has 2 aromatic heterocycles. The molecule has 0 aromatic carbocycles. The number of hydrogen-bond acceptors (Lipinski definition) is 6. The van der Waals surface area contributed by atoms with E-state index in [1.807, 2.05) is 11.8 Å². The fourth-order valence-electron chi connectivity index (χ4n) is 2.96. The van der Waals surface area contributed by atoms with E-state index in [0.717, 1.165) is 30.6 Å². The molecule has 0 aliphatic carbocycles. The van der Waals surface area contributed by atoms with Crippen LogP contribution in [0.5, 0.6) is 0 Å². The molecule has 7 nitrogen and oxygen atoms in total. The van der Waals surface area contributed by atoms with Crippen LogP contribution in [-0.4, -0.2) is 38.2 Å². The molecule has 0 radical (unpaired) electrons. The number of aryl methyl sites for hydroxylation is 1. The SMILES string of the molecule is CC(=O)N1CCC[C@@H]1c1nc(C)ncc1CNC(=O)c1cncs1. The highest BCUT2D eigenvalue weighted by Gasteiger charge is 2.31. The molecule has 1 atom stereocenters. The minimum absolute atomic E-state index is 0.0421. The van der Waals surface area contributed by atoms with Crippen molar-refractivity contribution in [2.45, 2.75) is 39.3 Å². The Kier molecular flexibility index (Phi) is 4.84. The topological polar surface area (TPSA) is 88.1 Å². The number of thiazole rings is 1. The maximum Gasteiger partial charge on any atom is 0.263 e. The van der Waals surface area contributed by atoms with E-state index >= 15 is 0 Å². The second kappa shape index (κ2) is 7.04. The number of hydrogen-bond donors (Lipinski definition) is 1. The Morgan fingerprint density at radius 3 is 2.96 bits per heavy atom. The van der Waals surface area contributed by atoms with E-state index in [-0.39, 0.29) is 17.9 Å². The Morgan fingerprint density at radius 2 is 2.25 bits per heavy atom. The minimum atomic E-state index is -0.168. The van der Waals surface area contributed by atoms with E-state index in [9.17, 15) is 9.59 Å². The van der Waals surface area contributed by atoms with Crippen molar-refractivity contribution in [1.29, 1.82) is 0 Å². The Balaban J connectivity index is 1.81. The van der Waals surface area contributed by atoms with Gasteiger partial charge in [-0.1, -0.05) is 0 Å². The number of rotatable bonds is 4. The molecule has 0 saturated carbocycles. The van der Waals surface area contributed by atoms with E-state index in [1.165, 1.54) is 11.3 Å². The van der Waals surface area contributed by atoms with Gasteiger partial charge < -0.3 is 10.2 Å². The first-order chi connectivity index (χ1) is 11.6. The number of carbonyl (C=O) groups excluding carboxylic acids is 2. The van der Waals surface area contributed by atoms with Gasteiger partial charge in [0, 0.05) is 31.8 Å². The number of nitrogens with one attached hydrogen (secondary N) is 1. The van der Waals surface area contributed by atoms with Crippen LogP contribution < -0.4 is 5.32 Å². The summed E-state index contributed by atoms with van der Waals surface area (Å²) in [6.45, 7) is 4.48. The fourth-order valence-corrected chi connectivity index (χ4v) is 3.49. The van der Waals surface area contributed by atoms with Gasteiger partial charge in [0.25, 0.3) is 5.91 Å². The molecule has 1 aliphatic rings. The lowest BCUT2D eigenvalue weighted by molar-refractivity contribution is -0.129. The van der Waals surface area contributed by atoms with Crippen LogP contribution in [0.25, 0.3) is 0 Å². The van der Waals surface area contributed by atoms with Gasteiger partial charge in [-0.05, 0) is 19.8 Å². The third-order valence-electron chi connectivity index (χ3n) is 4.09. The highest BCUT2D eigenvalue weighted by Crippen LogP contribution is 2.32. The van der Waals surface area contributed by atoms with Crippen molar-refractivity contribution in [3.8, 4) is 0 Å². The van der Waals surface area contributed by atoms with Crippen molar-refractivity contribution >= 4 is 23.2 Å². The molecular weight excluding hydrogens is 326 g/mol. The van der Waals surface area contributed by atoms with Gasteiger partial charge in [0.15, 0.2) is 0 Å². The molecule has 3 heterocycles. The lowest BCUT2D eigenvalue weighted by atomic mass is 10.1. The van der Waals surface area contributed by atoms with Gasteiger partial charge in [0.05, 0.1) is 23.4 Å². The lowest BCUT2D eigenvalue weighted by Gasteiger charge is -2.24. The van der Waals surface area contributed by atoms with E-state index in [0.29, 0.717) is 17.2 Å². The number of carbonyl (C=O) groups is 2. The summed E-state index contributed by atoms with van der Waals surface area (Å²) in [7, 11) is 0. The molecule has 3 rings (SSSR count). The summed E-state index contributed by atoms with van der Waals surface area (Å²) >= 11 is 1.30. The molecule has 126 valence electrons. The van der Waals surface area contributed by atoms with Gasteiger partial charge in [0.2, 0.25) is 5.91 Å². The second-order valence-electron chi connectivity index (χ2n) is 5.75. The third-order valence-corrected chi connectivity index (χ3v) is 4.86. The maximum absolute atomic E-state index is 12.1. The molecular formula is C16H19N5O2S. The predicted octanol–water partition coefficient (Wildman–Crippen LogP) is 1.85. The quantitative estimate of drug-likeness (QED) is 0.914. The predicted molar refractivity (Wildman–Crippen MR) is 89.4 cm³/mol. The van der Waals surface area contributed by atoms with Crippen LogP contribution in [0.1, 0.15) is 52.6 Å². The highest BCUT2D eigenvalue weighted by atomic mass is 32.1. The summed E-state index contributed by atoms with van der Waals surface area (Å²) in [5.74, 6) is 0.546. The van der Waals surface area contributed by atoms with Crippen molar-refractivity contribution in [3.63, 3.8) is 0 Å². The van der Waals surface area contributed by atoms with Crippen LogP contribution in [0.2, 0.25) is 0 Å². The molecule has 2 amide bonds. The van der Waals surface area contributed by atoms with E-state index in [4.69, 9.17) is 0 Å². The zero-order valence-corrected chi connectivity index (χ0v) is 14.5. The van der Waals surface area contributed by atoms with Crippen molar-refractivity contribution in [2.24, 2.45) is 0 Å². The molecule has 1 aliphatic heterocycles. The zero-order valence-electron chi connectivity index (χ0n) is 13.7. The first-order valence-corrected chi connectivity index (χ1v) is 8.70. The average molecular weight is 345 g/mol. The molecule has 8 heteroatoms. The summed E-state index contributed by atoms with van der Waals surface area (Å²) in [6, 6.07) is -0.0421. The van der Waals surface area contributed by atoms with Gasteiger partial charge in [-0.15, -0.1) is 11.3 Å². The number of nitrogens with zero attached hydrogens (tertiary/aromatic N) is 4. The summed E-state index contributed by atoms with van der Waals surface area (Å²) in [5.41, 5.74) is 3.30. The van der Waals surface area contributed by atoms with Crippen LogP contribution in [0.15, 0.2) is 17.9 Å². The molecule has 1 fully saturated rings. The largest absolute Gasteiger partial charge is 0.347 e. The Hall–Kier alpha value is -2.35. The van der Waals surface area contributed by atoms with Crippen molar-refractivity contribution in [3.05, 3.63) is 39.9 Å². The molecule has 0 bridgehead atoms. The molecule has 0 spiro atoms. The monoisotopic (exact) mass is 345 g/mol. The van der Waals surface area contributed by atoms with Gasteiger partial charge in [-0.3, -0.25) is 14.6 Å². The first-order valence-electron chi connectivity index (χ1n) is 7.82. The van der Waals surface area contributed by atoms with E-state index < -0.39 is 0 Å². The van der Waals surface area contributed by atoms with Gasteiger partial charge >= 0.3 is 0 Å². The normalized spacial score (nSPS) is 17.1. The number of aromatic nitrogens is 3. The highest BCUT2D eigenvalue weighted by molar-refractivity contribution is 7.11. The zero-order chi connectivity index (χ0) is 17.1. The Labute approximate surface area is 144 Å². The average Bonchev–Trinajstić information content (AvgIpc) is 3.24. The third kappa shape index (κ3) is 3.43. The van der Waals surface area contributed by atoms with Crippen LogP contribution in [0.4, 0.5) is 0 Å². The summed E-state index contributed by atoms with van der Waals surface area (Å²) in [6.07, 6.45) is 5.12. The molecule has 2 aromatic rings. The lowest BCUT2D eigenvalue weighted by Crippen LogP contribution is -2.30. The molecule has 0 unspecified atom stereocenters. The second-order valence-corrected chi connectivity index (χ2v) is 6.63. The summed E-state index contributed by atoms with van der Waals surface area (Å²) in [4.78, 5) is 39.1. The summed E-state index contributed by atoms with van der Waals surface area (Å²) in [5, 5.41) is 2.88. The number of likely N-dealkylation sites (tertiary alicyclic amines) is 1. The minimum Gasteiger partial charge on any atom is -0.347 e. The first kappa shape index (κ1) is 16.5. The molecule has 1 saturated heterocycles. The smallest absolute Gasteiger partial charge is 0.263 e. The Bertz CT molecular complexity index is 747. The Morgan fingerprint density at radius 1 is 1.42 bits per heavy atom. The molecule has 1 N–H and O–H groups in total. The van der Waals surface area contributed by atoms with Gasteiger partial charge in [-0.2, -0.15) is 0 Å². The van der Waals surface area contributed by atoms with Gasteiger partial charge in [-0.25, -0.2) is 9.97 Å². The van der Waals surface area contributed by atoms with Crippen LogP contribution in [0, 0.1) is 6.92 Å². The van der Waals surface area contributed by atoms with E-state index in [2.05, 4.69) is 20.3 Å². The molecule has 24 heavy (non-hydrogen) atoms. The van der Waals surface area contributed by atoms with Gasteiger partial charge in [0.1, 0.15) is 10.7 Å². The van der Waals surface area contributed by atoms with Crippen LogP contribution in [-0.2, 0) is 11.3 Å². The van der Waals surface area contributed by atoms with Crippen LogP contribution in [0.3, 0.4) is 0 Å². The fraction of sp³-hybridized carbons (Fsp3) is 0.438. The van der Waals surface area contributed by atoms with Crippen molar-refractivity contribution in [2.75, 3.05) is 6.54 Å². The van der Waals surface area contributed by atoms with Crippen molar-refractivity contribution < 1.29 is 9.59 Å².